The highest BCUT2D eigenvalue weighted by molar-refractivity contribution is 6.00. The van der Waals surface area contributed by atoms with Crippen LogP contribution in [-0.2, 0) is 22.4 Å². The van der Waals surface area contributed by atoms with Crippen LogP contribution in [0.5, 0.6) is 0 Å². The van der Waals surface area contributed by atoms with Crippen molar-refractivity contribution in [1.82, 2.24) is 10.0 Å². The molecular formula is C25H32N2O4. The molecule has 0 unspecified atom stereocenters. The maximum absolute atomic E-state index is 13.5. The van der Waals surface area contributed by atoms with Gasteiger partial charge in [-0.25, -0.2) is 10.0 Å². The fraction of sp³-hybridized carbons (Fsp3) is 0.400. The van der Waals surface area contributed by atoms with Gasteiger partial charge in [0.2, 0.25) is 0 Å². The summed E-state index contributed by atoms with van der Waals surface area (Å²) in [5.74, 6) is -1.42. The van der Waals surface area contributed by atoms with Crippen LogP contribution in [0.15, 0.2) is 48.5 Å². The van der Waals surface area contributed by atoms with E-state index in [2.05, 4.69) is 0 Å². The van der Waals surface area contributed by atoms with Gasteiger partial charge in [-0.15, -0.1) is 0 Å². The molecule has 6 heteroatoms. The molecule has 0 atom stereocenters. The highest BCUT2D eigenvalue weighted by Crippen LogP contribution is 2.23. The molecule has 0 heterocycles. The van der Waals surface area contributed by atoms with Gasteiger partial charge in [-0.05, 0) is 69.0 Å². The van der Waals surface area contributed by atoms with Gasteiger partial charge in [0.1, 0.15) is 6.54 Å². The van der Waals surface area contributed by atoms with Crippen LogP contribution in [0.3, 0.4) is 0 Å². The van der Waals surface area contributed by atoms with E-state index >= 15 is 0 Å². The Kier molecular flexibility index (Phi) is 7.97. The monoisotopic (exact) mass is 424 g/mol. The molecular weight excluding hydrogens is 392 g/mol. The summed E-state index contributed by atoms with van der Waals surface area (Å²) in [5.41, 5.74) is 2.27. The van der Waals surface area contributed by atoms with E-state index in [-0.39, 0.29) is 12.5 Å². The van der Waals surface area contributed by atoms with Gasteiger partial charge in [0, 0.05) is 11.1 Å². The van der Waals surface area contributed by atoms with E-state index in [1.807, 2.05) is 58.9 Å². The minimum atomic E-state index is -0.770. The Hall–Kier alpha value is -3.15. The average molecular weight is 425 g/mol. The van der Waals surface area contributed by atoms with Gasteiger partial charge >= 0.3 is 5.97 Å². The topological polar surface area (TPSA) is 66.9 Å². The first-order chi connectivity index (χ1) is 14.6. The summed E-state index contributed by atoms with van der Waals surface area (Å²) < 4.78 is 4.81. The zero-order chi connectivity index (χ0) is 23.2. The van der Waals surface area contributed by atoms with Crippen LogP contribution in [0.1, 0.15) is 66.5 Å². The molecule has 2 aromatic rings. The highest BCUT2D eigenvalue weighted by atomic mass is 16.5. The maximum Gasteiger partial charge on any atom is 0.327 e. The zero-order valence-electron chi connectivity index (χ0n) is 19.3. The fourth-order valence-electron chi connectivity index (χ4n) is 3.23. The molecule has 0 aliphatic heterocycles. The third-order valence-electron chi connectivity index (χ3n) is 5.03. The van der Waals surface area contributed by atoms with Crippen molar-refractivity contribution >= 4 is 17.8 Å². The van der Waals surface area contributed by atoms with Crippen LogP contribution in [0.4, 0.5) is 0 Å². The number of methoxy groups -OCH3 is 1. The van der Waals surface area contributed by atoms with E-state index < -0.39 is 17.4 Å². The molecule has 0 aliphatic carbocycles. The minimum Gasteiger partial charge on any atom is -0.468 e. The lowest BCUT2D eigenvalue weighted by atomic mass is 10.0. The standard InChI is InChI=1S/C25H32N2O4/c1-7-18-9-13-20(14-10-18)23(29)26(17-22(28)31-6)27(25(3,4)5)24(30)21-15-11-19(8-2)12-16-21/h9-16H,7-8,17H2,1-6H3. The number of ether oxygens (including phenoxy) is 1. The van der Waals surface area contributed by atoms with Gasteiger partial charge in [-0.1, -0.05) is 38.1 Å². The lowest BCUT2D eigenvalue weighted by Gasteiger charge is -2.43. The molecule has 31 heavy (non-hydrogen) atoms. The number of carbonyl (C=O) groups is 3. The van der Waals surface area contributed by atoms with Gasteiger partial charge in [0.05, 0.1) is 12.6 Å². The Balaban J connectivity index is 2.51. The molecule has 6 nitrogen and oxygen atoms in total. The Bertz CT molecular complexity index is 912. The third kappa shape index (κ3) is 5.94. The van der Waals surface area contributed by atoms with E-state index in [0.29, 0.717) is 11.1 Å². The van der Waals surface area contributed by atoms with Gasteiger partial charge in [-0.3, -0.25) is 14.4 Å². The number of esters is 1. The second kappa shape index (κ2) is 10.2. The van der Waals surface area contributed by atoms with Gasteiger partial charge in [-0.2, -0.15) is 0 Å². The molecule has 0 fully saturated rings. The number of aryl methyl sites for hydroxylation is 2. The van der Waals surface area contributed by atoms with Crippen LogP contribution >= 0.6 is 0 Å². The summed E-state index contributed by atoms with van der Waals surface area (Å²) in [6.07, 6.45) is 1.71. The summed E-state index contributed by atoms with van der Waals surface area (Å²) >= 11 is 0. The molecule has 0 N–H and O–H groups in total. The van der Waals surface area contributed by atoms with Crippen LogP contribution in [0.2, 0.25) is 0 Å². The van der Waals surface area contributed by atoms with Crippen molar-refractivity contribution < 1.29 is 19.1 Å². The molecule has 2 rings (SSSR count). The number of rotatable bonds is 6. The molecule has 0 saturated heterocycles. The lowest BCUT2D eigenvalue weighted by Crippen LogP contribution is -2.59. The quantitative estimate of drug-likeness (QED) is 0.513. The summed E-state index contributed by atoms with van der Waals surface area (Å²) in [6.45, 7) is 9.17. The average Bonchev–Trinajstić information content (AvgIpc) is 2.77. The van der Waals surface area contributed by atoms with Crippen LogP contribution in [0.25, 0.3) is 0 Å². The molecule has 0 bridgehead atoms. The summed E-state index contributed by atoms with van der Waals surface area (Å²) in [7, 11) is 1.26. The van der Waals surface area contributed by atoms with Crippen molar-refractivity contribution in [2.75, 3.05) is 13.7 Å². The molecule has 0 saturated carbocycles. The number of hydrogen-bond donors (Lipinski definition) is 0. The van der Waals surface area contributed by atoms with Crippen LogP contribution in [0, 0.1) is 0 Å². The largest absolute Gasteiger partial charge is 0.468 e. The van der Waals surface area contributed by atoms with Crippen molar-refractivity contribution in [2.45, 2.75) is 53.0 Å². The fourth-order valence-corrected chi connectivity index (χ4v) is 3.23. The first-order valence-corrected chi connectivity index (χ1v) is 10.5. The zero-order valence-corrected chi connectivity index (χ0v) is 19.3. The van der Waals surface area contributed by atoms with E-state index in [1.165, 1.54) is 17.1 Å². The number of benzene rings is 2. The van der Waals surface area contributed by atoms with E-state index in [9.17, 15) is 14.4 Å². The van der Waals surface area contributed by atoms with Crippen molar-refractivity contribution in [1.29, 1.82) is 0 Å². The van der Waals surface area contributed by atoms with Gasteiger partial charge < -0.3 is 4.74 Å². The van der Waals surface area contributed by atoms with Crippen molar-refractivity contribution in [2.24, 2.45) is 0 Å². The van der Waals surface area contributed by atoms with Gasteiger partial charge in [0.15, 0.2) is 0 Å². The summed E-state index contributed by atoms with van der Waals surface area (Å²) in [6, 6.07) is 14.5. The molecule has 2 amide bonds. The Morgan fingerprint density at radius 3 is 1.55 bits per heavy atom. The van der Waals surface area contributed by atoms with Gasteiger partial charge in [0.25, 0.3) is 11.8 Å². The summed E-state index contributed by atoms with van der Waals surface area (Å²) in [4.78, 5) is 39.1. The van der Waals surface area contributed by atoms with Crippen molar-refractivity contribution in [3.63, 3.8) is 0 Å². The number of nitrogens with zero attached hydrogens (tertiary/aromatic N) is 2. The van der Waals surface area contributed by atoms with Crippen LogP contribution < -0.4 is 0 Å². The first kappa shape index (κ1) is 24.1. The SMILES string of the molecule is CCc1ccc(C(=O)N(CC(=O)OC)N(C(=O)c2ccc(CC)cc2)C(C)(C)C)cc1. The first-order valence-electron chi connectivity index (χ1n) is 10.5. The maximum atomic E-state index is 13.5. The van der Waals surface area contributed by atoms with E-state index in [0.717, 1.165) is 24.0 Å². The second-order valence-electron chi connectivity index (χ2n) is 8.33. The van der Waals surface area contributed by atoms with E-state index in [4.69, 9.17) is 4.74 Å². The van der Waals surface area contributed by atoms with Crippen molar-refractivity contribution in [3.05, 3.63) is 70.8 Å². The predicted molar refractivity (Wildman–Crippen MR) is 121 cm³/mol. The van der Waals surface area contributed by atoms with E-state index in [1.54, 1.807) is 24.3 Å². The third-order valence-corrected chi connectivity index (χ3v) is 5.03. The molecule has 0 spiro atoms. The molecule has 2 aromatic carbocycles. The molecule has 166 valence electrons. The van der Waals surface area contributed by atoms with Crippen molar-refractivity contribution in [3.8, 4) is 0 Å². The lowest BCUT2D eigenvalue weighted by molar-refractivity contribution is -0.145. The number of hydrazine groups is 1. The molecule has 0 aliphatic rings. The smallest absolute Gasteiger partial charge is 0.327 e. The minimum absolute atomic E-state index is 0.363. The Labute approximate surface area is 184 Å². The predicted octanol–water partition coefficient (Wildman–Crippen LogP) is 4.28. The normalized spacial score (nSPS) is 11.0. The number of carbonyl (C=O) groups excluding carboxylic acids is 3. The van der Waals surface area contributed by atoms with Crippen LogP contribution in [-0.4, -0.2) is 47.0 Å². The molecule has 0 radical (unpaired) electrons. The number of hydrogen-bond acceptors (Lipinski definition) is 4. The highest BCUT2D eigenvalue weighted by Gasteiger charge is 2.37. The Morgan fingerprint density at radius 2 is 1.19 bits per heavy atom. The number of amides is 2. The Morgan fingerprint density at radius 1 is 0.774 bits per heavy atom. The molecule has 0 aromatic heterocycles. The second-order valence-corrected chi connectivity index (χ2v) is 8.33. The summed E-state index contributed by atoms with van der Waals surface area (Å²) in [5, 5.41) is 2.53.